The largest absolute Gasteiger partial charge is 0.465 e. The SMILES string of the molecule is CCOC(=O)[C@]12CC=C(C)CC[C@@]1(O)[C@H](C(C)=O)CC2. The molecule has 0 unspecified atom stereocenters. The molecular formula is C16H24O4. The fraction of sp³-hybridized carbons (Fsp3) is 0.750. The predicted molar refractivity (Wildman–Crippen MR) is 75.0 cm³/mol. The minimum absolute atomic E-state index is 0.0294. The molecule has 0 aromatic heterocycles. The van der Waals surface area contributed by atoms with Crippen LogP contribution in [0.1, 0.15) is 52.9 Å². The third kappa shape index (κ3) is 2.10. The molecule has 0 amide bonds. The maximum atomic E-state index is 12.5. The summed E-state index contributed by atoms with van der Waals surface area (Å²) < 4.78 is 5.23. The second-order valence-electron chi connectivity index (χ2n) is 6.18. The topological polar surface area (TPSA) is 63.6 Å². The quantitative estimate of drug-likeness (QED) is 0.637. The van der Waals surface area contributed by atoms with Gasteiger partial charge in [-0.3, -0.25) is 9.59 Å². The number of aliphatic hydroxyl groups is 1. The van der Waals surface area contributed by atoms with Gasteiger partial charge in [0.1, 0.15) is 11.2 Å². The van der Waals surface area contributed by atoms with Crippen LogP contribution in [-0.2, 0) is 14.3 Å². The van der Waals surface area contributed by atoms with Crippen LogP contribution in [0.2, 0.25) is 0 Å². The van der Waals surface area contributed by atoms with Crippen LogP contribution in [0.15, 0.2) is 11.6 Å². The fourth-order valence-electron chi connectivity index (χ4n) is 3.88. The van der Waals surface area contributed by atoms with Gasteiger partial charge in [-0.05, 0) is 52.9 Å². The van der Waals surface area contributed by atoms with Crippen molar-refractivity contribution >= 4 is 11.8 Å². The van der Waals surface area contributed by atoms with E-state index in [4.69, 9.17) is 4.74 Å². The molecule has 2 aliphatic carbocycles. The van der Waals surface area contributed by atoms with Crippen LogP contribution in [0, 0.1) is 11.3 Å². The Bertz CT molecular complexity index is 453. The van der Waals surface area contributed by atoms with E-state index in [1.165, 1.54) is 12.5 Å². The van der Waals surface area contributed by atoms with Gasteiger partial charge in [-0.1, -0.05) is 11.6 Å². The number of fused-ring (bicyclic) bond motifs is 1. The van der Waals surface area contributed by atoms with Crippen molar-refractivity contribution in [1.29, 1.82) is 0 Å². The highest BCUT2D eigenvalue weighted by atomic mass is 16.5. The van der Waals surface area contributed by atoms with Crippen molar-refractivity contribution in [2.45, 2.75) is 58.5 Å². The number of hydrogen-bond acceptors (Lipinski definition) is 4. The van der Waals surface area contributed by atoms with E-state index in [0.717, 1.165) is 6.42 Å². The lowest BCUT2D eigenvalue weighted by atomic mass is 9.67. The van der Waals surface area contributed by atoms with Crippen LogP contribution in [-0.4, -0.2) is 29.1 Å². The van der Waals surface area contributed by atoms with Crippen molar-refractivity contribution in [3.8, 4) is 0 Å². The number of Topliss-reactive ketones (excluding diaryl/α,β-unsaturated/α-hetero) is 1. The molecule has 3 atom stereocenters. The number of carbonyl (C=O) groups is 2. The molecule has 0 bridgehead atoms. The van der Waals surface area contributed by atoms with Crippen LogP contribution < -0.4 is 0 Å². The first-order valence-corrected chi connectivity index (χ1v) is 7.43. The maximum Gasteiger partial charge on any atom is 0.315 e. The second kappa shape index (κ2) is 5.32. The molecule has 2 rings (SSSR count). The van der Waals surface area contributed by atoms with Gasteiger partial charge in [0.2, 0.25) is 0 Å². The summed E-state index contributed by atoms with van der Waals surface area (Å²) in [5, 5.41) is 11.2. The molecule has 1 fully saturated rings. The van der Waals surface area contributed by atoms with E-state index in [9.17, 15) is 14.7 Å². The molecule has 0 aromatic rings. The highest BCUT2D eigenvalue weighted by molar-refractivity contribution is 5.86. The Morgan fingerprint density at radius 1 is 1.45 bits per heavy atom. The number of ether oxygens (including phenoxy) is 1. The van der Waals surface area contributed by atoms with Crippen molar-refractivity contribution in [2.75, 3.05) is 6.61 Å². The van der Waals surface area contributed by atoms with E-state index < -0.39 is 16.9 Å². The summed E-state index contributed by atoms with van der Waals surface area (Å²) in [5.74, 6) is -0.832. The summed E-state index contributed by atoms with van der Waals surface area (Å²) in [6, 6.07) is 0. The number of hydrogen-bond donors (Lipinski definition) is 1. The lowest BCUT2D eigenvalue weighted by Crippen LogP contribution is -2.54. The van der Waals surface area contributed by atoms with Gasteiger partial charge in [0.05, 0.1) is 12.2 Å². The van der Waals surface area contributed by atoms with Gasteiger partial charge in [-0.2, -0.15) is 0 Å². The van der Waals surface area contributed by atoms with Gasteiger partial charge in [0.25, 0.3) is 0 Å². The van der Waals surface area contributed by atoms with Gasteiger partial charge >= 0.3 is 5.97 Å². The minimum Gasteiger partial charge on any atom is -0.465 e. The third-order valence-electron chi connectivity index (χ3n) is 5.12. The zero-order valence-corrected chi connectivity index (χ0v) is 12.6. The van der Waals surface area contributed by atoms with Gasteiger partial charge in [-0.25, -0.2) is 0 Å². The van der Waals surface area contributed by atoms with Crippen molar-refractivity contribution in [1.82, 2.24) is 0 Å². The summed E-state index contributed by atoms with van der Waals surface area (Å²) in [5.41, 5.74) is -1.05. The van der Waals surface area contributed by atoms with Crippen LogP contribution >= 0.6 is 0 Å². The van der Waals surface area contributed by atoms with Crippen LogP contribution in [0.5, 0.6) is 0 Å². The van der Waals surface area contributed by atoms with Crippen molar-refractivity contribution in [3.05, 3.63) is 11.6 Å². The molecule has 0 saturated heterocycles. The highest BCUT2D eigenvalue weighted by Crippen LogP contribution is 2.57. The molecule has 4 nitrogen and oxygen atoms in total. The Labute approximate surface area is 120 Å². The van der Waals surface area contributed by atoms with Crippen molar-refractivity contribution < 1.29 is 19.4 Å². The minimum atomic E-state index is -1.26. The molecule has 4 heteroatoms. The maximum absolute atomic E-state index is 12.5. The Kier molecular flexibility index (Phi) is 4.05. The fourth-order valence-corrected chi connectivity index (χ4v) is 3.88. The molecule has 2 aliphatic rings. The predicted octanol–water partition coefficient (Wildman–Crippen LogP) is 2.40. The normalized spacial score (nSPS) is 36.8. The summed E-state index contributed by atoms with van der Waals surface area (Å²) in [4.78, 5) is 24.4. The molecule has 0 aliphatic heterocycles. The van der Waals surface area contributed by atoms with E-state index in [-0.39, 0.29) is 11.8 Å². The number of rotatable bonds is 3. The zero-order chi connectivity index (χ0) is 15.0. The van der Waals surface area contributed by atoms with E-state index >= 15 is 0 Å². The Morgan fingerprint density at radius 3 is 2.75 bits per heavy atom. The molecule has 0 radical (unpaired) electrons. The number of ketones is 1. The summed E-state index contributed by atoms with van der Waals surface area (Å²) >= 11 is 0. The van der Waals surface area contributed by atoms with Crippen molar-refractivity contribution in [3.63, 3.8) is 0 Å². The molecule has 1 N–H and O–H groups in total. The van der Waals surface area contributed by atoms with Crippen molar-refractivity contribution in [2.24, 2.45) is 11.3 Å². The lowest BCUT2D eigenvalue weighted by molar-refractivity contribution is -0.176. The van der Waals surface area contributed by atoms with Crippen LogP contribution in [0.3, 0.4) is 0 Å². The highest BCUT2D eigenvalue weighted by Gasteiger charge is 2.64. The van der Waals surface area contributed by atoms with Gasteiger partial charge < -0.3 is 9.84 Å². The Morgan fingerprint density at radius 2 is 2.15 bits per heavy atom. The summed E-state index contributed by atoms with van der Waals surface area (Å²) in [6.45, 7) is 5.58. The molecule has 0 spiro atoms. The smallest absolute Gasteiger partial charge is 0.315 e. The number of esters is 1. The van der Waals surface area contributed by atoms with E-state index in [2.05, 4.69) is 0 Å². The van der Waals surface area contributed by atoms with Crippen LogP contribution in [0.25, 0.3) is 0 Å². The van der Waals surface area contributed by atoms with Gasteiger partial charge in [0, 0.05) is 5.92 Å². The number of carbonyl (C=O) groups excluding carboxylic acids is 2. The molecule has 0 aromatic carbocycles. The Hall–Kier alpha value is -1.16. The lowest BCUT2D eigenvalue weighted by Gasteiger charge is -2.41. The average Bonchev–Trinajstić information content (AvgIpc) is 2.62. The third-order valence-corrected chi connectivity index (χ3v) is 5.12. The molecule has 0 heterocycles. The molecule has 1 saturated carbocycles. The number of allylic oxidation sites excluding steroid dienone is 2. The average molecular weight is 280 g/mol. The van der Waals surface area contributed by atoms with Crippen LogP contribution in [0.4, 0.5) is 0 Å². The molecule has 20 heavy (non-hydrogen) atoms. The zero-order valence-electron chi connectivity index (χ0n) is 12.6. The first kappa shape index (κ1) is 15.2. The molecule has 112 valence electrons. The molecular weight excluding hydrogens is 256 g/mol. The summed E-state index contributed by atoms with van der Waals surface area (Å²) in [6.07, 6.45) is 4.77. The second-order valence-corrected chi connectivity index (χ2v) is 6.18. The standard InChI is InChI=1S/C16H24O4/c1-4-20-14(18)15-8-5-11(2)6-10-16(15,19)13(7-9-15)12(3)17/h5,13,19H,4,6-10H2,1-3H3/t13-,15+,16+/m0/s1. The Balaban J connectivity index is 2.46. The summed E-state index contributed by atoms with van der Waals surface area (Å²) in [7, 11) is 0. The first-order valence-electron chi connectivity index (χ1n) is 7.43. The van der Waals surface area contributed by atoms with Gasteiger partial charge in [0.15, 0.2) is 0 Å². The van der Waals surface area contributed by atoms with E-state index in [1.807, 2.05) is 13.0 Å². The first-order chi connectivity index (χ1) is 9.37. The van der Waals surface area contributed by atoms with E-state index in [1.54, 1.807) is 6.92 Å². The van der Waals surface area contributed by atoms with E-state index in [0.29, 0.717) is 32.3 Å². The van der Waals surface area contributed by atoms with Gasteiger partial charge in [-0.15, -0.1) is 0 Å². The monoisotopic (exact) mass is 280 g/mol.